The van der Waals surface area contributed by atoms with Gasteiger partial charge in [0, 0.05) is 11.1 Å². The molecule has 0 spiro atoms. The first-order valence-electron chi connectivity index (χ1n) is 4.80. The Morgan fingerprint density at radius 3 is 1.86 bits per heavy atom. The number of carbonyl (C=O) groups is 1. The lowest BCUT2D eigenvalue weighted by Crippen LogP contribution is -2.67. The van der Waals surface area contributed by atoms with Gasteiger partial charge < -0.3 is 20.3 Å². The molecule has 1 aliphatic rings. The Hall–Kier alpha value is -0.610. The van der Waals surface area contributed by atoms with Gasteiger partial charge in [-0.1, -0.05) is 0 Å². The average molecular weight is 200 g/mol. The number of hydrogen-bond donors (Lipinski definition) is 2. The Morgan fingerprint density at radius 2 is 1.57 bits per heavy atom. The minimum Gasteiger partial charge on any atom is -0.547 e. The van der Waals surface area contributed by atoms with Crippen molar-refractivity contribution >= 4 is 5.97 Å². The number of hydrogen-bond acceptors (Lipinski definition) is 4. The van der Waals surface area contributed by atoms with Crippen LogP contribution in [0.15, 0.2) is 0 Å². The van der Waals surface area contributed by atoms with Gasteiger partial charge in [-0.3, -0.25) is 0 Å². The second-order valence-corrected chi connectivity index (χ2v) is 5.57. The van der Waals surface area contributed by atoms with Crippen molar-refractivity contribution < 1.29 is 15.0 Å². The van der Waals surface area contributed by atoms with Crippen LogP contribution >= 0.6 is 0 Å². The van der Waals surface area contributed by atoms with Crippen molar-refractivity contribution in [2.75, 3.05) is 0 Å². The fourth-order valence-corrected chi connectivity index (χ4v) is 2.67. The summed E-state index contributed by atoms with van der Waals surface area (Å²) in [6, 6.07) is 0. The van der Waals surface area contributed by atoms with Crippen LogP contribution in [0.5, 0.6) is 0 Å². The summed E-state index contributed by atoms with van der Waals surface area (Å²) in [6.45, 7) is 7.51. The van der Waals surface area contributed by atoms with Crippen LogP contribution in [0.3, 0.4) is 0 Å². The summed E-state index contributed by atoms with van der Waals surface area (Å²) in [7, 11) is 0. The molecule has 1 saturated heterocycles. The van der Waals surface area contributed by atoms with E-state index < -0.39 is 22.6 Å². The van der Waals surface area contributed by atoms with E-state index in [9.17, 15) is 15.0 Å². The first kappa shape index (κ1) is 11.5. The lowest BCUT2D eigenvalue weighted by molar-refractivity contribution is -0.329. The predicted octanol–water partition coefficient (Wildman–Crippen LogP) is -0.592. The first-order chi connectivity index (χ1) is 6.06. The van der Waals surface area contributed by atoms with Crippen LogP contribution in [0.2, 0.25) is 0 Å². The van der Waals surface area contributed by atoms with Gasteiger partial charge in [0.15, 0.2) is 0 Å². The summed E-state index contributed by atoms with van der Waals surface area (Å²) >= 11 is 0. The van der Waals surface area contributed by atoms with E-state index in [0.29, 0.717) is 0 Å². The highest BCUT2D eigenvalue weighted by molar-refractivity contribution is 5.75. The van der Waals surface area contributed by atoms with Gasteiger partial charge in [0.1, 0.15) is 5.60 Å². The summed E-state index contributed by atoms with van der Waals surface area (Å²) < 4.78 is 0. The summed E-state index contributed by atoms with van der Waals surface area (Å²) in [5.74, 6) is -1.37. The molecule has 4 nitrogen and oxygen atoms in total. The maximum atomic E-state index is 10.9. The largest absolute Gasteiger partial charge is 0.547 e. The normalized spacial score (nSPS) is 28.4. The van der Waals surface area contributed by atoms with Crippen LogP contribution in [0.25, 0.3) is 0 Å². The summed E-state index contributed by atoms with van der Waals surface area (Å²) in [5, 5.41) is 24.1. The molecular formula is C10H18NO3-. The summed E-state index contributed by atoms with van der Waals surface area (Å²) in [6.07, 6.45) is 0.345. The molecule has 2 N–H and O–H groups in total. The fraction of sp³-hybridized carbons (Fsp3) is 0.900. The number of nitrogens with one attached hydrogen (secondary N) is 1. The third kappa shape index (κ3) is 2.25. The molecule has 82 valence electrons. The molecule has 1 heterocycles. The van der Waals surface area contributed by atoms with E-state index in [-0.39, 0.29) is 12.8 Å². The van der Waals surface area contributed by atoms with Gasteiger partial charge in [-0.2, -0.15) is 0 Å². The van der Waals surface area contributed by atoms with E-state index in [1.807, 2.05) is 27.7 Å². The lowest BCUT2D eigenvalue weighted by atomic mass is 9.73. The molecule has 0 amide bonds. The molecule has 0 unspecified atom stereocenters. The van der Waals surface area contributed by atoms with Gasteiger partial charge in [0.25, 0.3) is 0 Å². The highest BCUT2D eigenvalue weighted by Gasteiger charge is 2.46. The van der Waals surface area contributed by atoms with Gasteiger partial charge in [0.05, 0.1) is 5.97 Å². The number of piperidine rings is 1. The SMILES string of the molecule is CC1(C)CC(O)(C(=O)[O-])CC(C)(C)N1. The quantitative estimate of drug-likeness (QED) is 0.593. The van der Waals surface area contributed by atoms with Crippen molar-refractivity contribution in [3.8, 4) is 0 Å². The van der Waals surface area contributed by atoms with Crippen LogP contribution < -0.4 is 10.4 Å². The number of carboxylic acids is 1. The van der Waals surface area contributed by atoms with Crippen LogP contribution in [0, 0.1) is 0 Å². The molecular weight excluding hydrogens is 182 g/mol. The Morgan fingerprint density at radius 1 is 1.21 bits per heavy atom. The molecule has 1 fully saturated rings. The number of carboxylic acid groups (broad SMARTS) is 1. The van der Waals surface area contributed by atoms with Crippen LogP contribution in [-0.4, -0.2) is 27.8 Å². The van der Waals surface area contributed by atoms with Crippen molar-refractivity contribution in [1.82, 2.24) is 5.32 Å². The fourth-order valence-electron chi connectivity index (χ4n) is 2.67. The smallest absolute Gasteiger partial charge is 0.107 e. The van der Waals surface area contributed by atoms with E-state index >= 15 is 0 Å². The number of aliphatic hydroxyl groups is 1. The predicted molar refractivity (Wildman–Crippen MR) is 50.5 cm³/mol. The van der Waals surface area contributed by atoms with Crippen LogP contribution in [0.4, 0.5) is 0 Å². The monoisotopic (exact) mass is 200 g/mol. The van der Waals surface area contributed by atoms with Crippen LogP contribution in [-0.2, 0) is 4.79 Å². The Labute approximate surface area is 84.3 Å². The van der Waals surface area contributed by atoms with Crippen molar-refractivity contribution in [3.05, 3.63) is 0 Å². The third-order valence-electron chi connectivity index (χ3n) is 2.53. The molecule has 4 heteroatoms. The maximum absolute atomic E-state index is 10.9. The topological polar surface area (TPSA) is 72.4 Å². The van der Waals surface area contributed by atoms with Gasteiger partial charge in [-0.05, 0) is 40.5 Å². The molecule has 0 aromatic carbocycles. The molecule has 0 bridgehead atoms. The van der Waals surface area contributed by atoms with E-state index in [4.69, 9.17) is 0 Å². The minimum atomic E-state index is -1.71. The van der Waals surface area contributed by atoms with E-state index in [1.165, 1.54) is 0 Å². The van der Waals surface area contributed by atoms with E-state index in [1.54, 1.807) is 0 Å². The zero-order chi connectivity index (χ0) is 11.2. The molecule has 14 heavy (non-hydrogen) atoms. The van der Waals surface area contributed by atoms with Gasteiger partial charge >= 0.3 is 0 Å². The first-order valence-corrected chi connectivity index (χ1v) is 4.80. The van der Waals surface area contributed by atoms with Gasteiger partial charge in [-0.15, -0.1) is 0 Å². The lowest BCUT2D eigenvalue weighted by Gasteiger charge is -2.50. The van der Waals surface area contributed by atoms with E-state index in [0.717, 1.165) is 0 Å². The molecule has 0 atom stereocenters. The Kier molecular flexibility index (Phi) is 2.41. The van der Waals surface area contributed by atoms with Crippen LogP contribution in [0.1, 0.15) is 40.5 Å². The number of rotatable bonds is 1. The Bertz CT molecular complexity index is 242. The standard InChI is InChI=1S/C10H19NO3/c1-8(2)5-10(14,7(12)13)6-9(3,4)11-8/h11,14H,5-6H2,1-4H3,(H,12,13)/p-1. The molecule has 0 aromatic heterocycles. The van der Waals surface area contributed by atoms with Crippen molar-refractivity contribution in [2.24, 2.45) is 0 Å². The molecule has 1 aliphatic heterocycles. The van der Waals surface area contributed by atoms with Gasteiger partial charge in [-0.25, -0.2) is 0 Å². The average Bonchev–Trinajstić information content (AvgIpc) is 1.76. The zero-order valence-electron chi connectivity index (χ0n) is 9.18. The van der Waals surface area contributed by atoms with Crippen molar-refractivity contribution in [2.45, 2.75) is 57.2 Å². The summed E-state index contributed by atoms with van der Waals surface area (Å²) in [5.41, 5.74) is -2.49. The third-order valence-corrected chi connectivity index (χ3v) is 2.53. The maximum Gasteiger partial charge on any atom is 0.107 e. The number of carbonyl (C=O) groups excluding carboxylic acids is 1. The molecule has 0 saturated carbocycles. The molecule has 0 aliphatic carbocycles. The summed E-state index contributed by atoms with van der Waals surface area (Å²) in [4.78, 5) is 10.9. The number of aliphatic carboxylic acids is 1. The Balaban J connectivity index is 2.97. The minimum absolute atomic E-state index is 0.172. The molecule has 0 radical (unpaired) electrons. The highest BCUT2D eigenvalue weighted by Crippen LogP contribution is 2.35. The molecule has 1 rings (SSSR count). The highest BCUT2D eigenvalue weighted by atomic mass is 16.4. The second kappa shape index (κ2) is 2.94. The van der Waals surface area contributed by atoms with Crippen molar-refractivity contribution in [3.63, 3.8) is 0 Å². The second-order valence-electron chi connectivity index (χ2n) is 5.57. The van der Waals surface area contributed by atoms with Gasteiger partial charge in [0.2, 0.25) is 0 Å². The van der Waals surface area contributed by atoms with Crippen molar-refractivity contribution in [1.29, 1.82) is 0 Å². The molecule has 0 aromatic rings. The van der Waals surface area contributed by atoms with E-state index in [2.05, 4.69) is 5.32 Å². The zero-order valence-corrected chi connectivity index (χ0v) is 9.18.